The molecule has 2 aromatic carbocycles. The first-order valence-electron chi connectivity index (χ1n) is 9.85. The van der Waals surface area contributed by atoms with Crippen LogP contribution in [0.25, 0.3) is 11.3 Å². The van der Waals surface area contributed by atoms with Crippen molar-refractivity contribution in [1.29, 1.82) is 0 Å². The Bertz CT molecular complexity index is 1210. The lowest BCUT2D eigenvalue weighted by atomic mass is 10.1. The molecule has 4 rings (SSSR count). The molecule has 0 radical (unpaired) electrons. The SMILES string of the molecule is CC(=O)c1sc(NC(=O)c2ccc(S(=O)(=O)N3CCCC3)cc2)nc1-c1ccccc1. The van der Waals surface area contributed by atoms with Gasteiger partial charge in [-0.1, -0.05) is 41.7 Å². The predicted octanol–water partition coefficient (Wildman–Crippen LogP) is 4.05. The maximum Gasteiger partial charge on any atom is 0.257 e. The lowest BCUT2D eigenvalue weighted by molar-refractivity contribution is 0.101. The molecule has 0 bridgehead atoms. The number of benzene rings is 2. The van der Waals surface area contributed by atoms with Gasteiger partial charge in [-0.25, -0.2) is 13.4 Å². The van der Waals surface area contributed by atoms with E-state index in [2.05, 4.69) is 10.3 Å². The molecule has 1 N–H and O–H groups in total. The van der Waals surface area contributed by atoms with E-state index in [0.717, 1.165) is 29.7 Å². The molecule has 1 aliphatic heterocycles. The lowest BCUT2D eigenvalue weighted by Crippen LogP contribution is -2.27. The average Bonchev–Trinajstić information content (AvgIpc) is 3.45. The van der Waals surface area contributed by atoms with Gasteiger partial charge in [0.2, 0.25) is 10.0 Å². The molecule has 1 aliphatic rings. The van der Waals surface area contributed by atoms with E-state index in [4.69, 9.17) is 0 Å². The fourth-order valence-electron chi connectivity index (χ4n) is 3.43. The number of carbonyl (C=O) groups excluding carboxylic acids is 2. The summed E-state index contributed by atoms with van der Waals surface area (Å²) in [6.45, 7) is 2.51. The number of nitrogens with one attached hydrogen (secondary N) is 1. The van der Waals surface area contributed by atoms with Crippen molar-refractivity contribution in [2.24, 2.45) is 0 Å². The Kier molecular flexibility index (Phi) is 5.99. The fraction of sp³-hybridized carbons (Fsp3) is 0.227. The van der Waals surface area contributed by atoms with Gasteiger partial charge in [0.05, 0.1) is 15.5 Å². The summed E-state index contributed by atoms with van der Waals surface area (Å²) in [6, 6.07) is 15.1. The van der Waals surface area contributed by atoms with Crippen LogP contribution in [0.4, 0.5) is 5.13 Å². The predicted molar refractivity (Wildman–Crippen MR) is 120 cm³/mol. The molecule has 0 unspecified atom stereocenters. The number of rotatable bonds is 6. The van der Waals surface area contributed by atoms with Crippen molar-refractivity contribution in [3.63, 3.8) is 0 Å². The first-order valence-corrected chi connectivity index (χ1v) is 12.1. The third kappa shape index (κ3) is 4.43. The van der Waals surface area contributed by atoms with Gasteiger partial charge in [0, 0.05) is 31.1 Å². The van der Waals surface area contributed by atoms with Crippen LogP contribution < -0.4 is 5.32 Å². The first-order chi connectivity index (χ1) is 14.9. The van der Waals surface area contributed by atoms with E-state index in [1.54, 1.807) is 0 Å². The standard InChI is InChI=1S/C22H21N3O4S2/c1-15(26)20-19(16-7-3-2-4-8-16)23-22(30-20)24-21(27)17-9-11-18(12-10-17)31(28,29)25-13-5-6-14-25/h2-4,7-12H,5-6,13-14H2,1H3,(H,23,24,27). The number of anilines is 1. The number of nitrogens with zero attached hydrogens (tertiary/aromatic N) is 2. The smallest absolute Gasteiger partial charge is 0.257 e. The number of sulfonamides is 1. The van der Waals surface area contributed by atoms with E-state index in [9.17, 15) is 18.0 Å². The number of hydrogen-bond acceptors (Lipinski definition) is 6. The molecule has 1 aromatic heterocycles. The minimum atomic E-state index is -3.53. The maximum atomic E-state index is 12.7. The summed E-state index contributed by atoms with van der Waals surface area (Å²) in [5.74, 6) is -0.554. The van der Waals surface area contributed by atoms with Crippen LogP contribution >= 0.6 is 11.3 Å². The van der Waals surface area contributed by atoms with Gasteiger partial charge in [0.25, 0.3) is 5.91 Å². The van der Waals surface area contributed by atoms with Gasteiger partial charge >= 0.3 is 0 Å². The van der Waals surface area contributed by atoms with Gasteiger partial charge in [-0.15, -0.1) is 0 Å². The van der Waals surface area contributed by atoms with Crippen LogP contribution in [0.2, 0.25) is 0 Å². The molecule has 0 atom stereocenters. The number of aromatic nitrogens is 1. The molecule has 31 heavy (non-hydrogen) atoms. The minimum Gasteiger partial charge on any atom is -0.298 e. The Morgan fingerprint density at radius 1 is 1.00 bits per heavy atom. The summed E-state index contributed by atoms with van der Waals surface area (Å²) in [5, 5.41) is 3.02. The van der Waals surface area contributed by atoms with Crippen molar-refractivity contribution in [2.75, 3.05) is 18.4 Å². The van der Waals surface area contributed by atoms with Crippen molar-refractivity contribution in [2.45, 2.75) is 24.7 Å². The summed E-state index contributed by atoms with van der Waals surface area (Å²) in [4.78, 5) is 29.8. The number of amides is 1. The Labute approximate surface area is 184 Å². The van der Waals surface area contributed by atoms with E-state index >= 15 is 0 Å². The van der Waals surface area contributed by atoms with Crippen LogP contribution in [0.1, 0.15) is 39.8 Å². The number of thiazole rings is 1. The van der Waals surface area contributed by atoms with Crippen LogP contribution in [0.3, 0.4) is 0 Å². The zero-order valence-corrected chi connectivity index (χ0v) is 18.5. The van der Waals surface area contributed by atoms with Crippen molar-refractivity contribution in [1.82, 2.24) is 9.29 Å². The van der Waals surface area contributed by atoms with Gasteiger partial charge in [-0.05, 0) is 37.1 Å². The molecule has 1 fully saturated rings. The van der Waals surface area contributed by atoms with Crippen LogP contribution in [-0.2, 0) is 10.0 Å². The summed E-state index contributed by atoms with van der Waals surface area (Å²) in [7, 11) is -3.53. The maximum absolute atomic E-state index is 12.7. The average molecular weight is 456 g/mol. The Balaban J connectivity index is 1.54. The monoisotopic (exact) mass is 455 g/mol. The zero-order chi connectivity index (χ0) is 22.0. The normalized spacial score (nSPS) is 14.5. The second kappa shape index (κ2) is 8.70. The second-order valence-corrected chi connectivity index (χ2v) is 10.1. The number of ketones is 1. The summed E-state index contributed by atoms with van der Waals surface area (Å²) in [6.07, 6.45) is 1.72. The van der Waals surface area contributed by atoms with E-state index in [-0.39, 0.29) is 10.7 Å². The molecular formula is C22H21N3O4S2. The van der Waals surface area contributed by atoms with Crippen molar-refractivity contribution in [3.05, 3.63) is 65.0 Å². The topological polar surface area (TPSA) is 96.4 Å². The third-order valence-electron chi connectivity index (χ3n) is 5.03. The molecule has 1 saturated heterocycles. The molecule has 2 heterocycles. The molecule has 160 valence electrons. The molecule has 0 saturated carbocycles. The van der Waals surface area contributed by atoms with Gasteiger partial charge in [-0.2, -0.15) is 4.31 Å². The van der Waals surface area contributed by atoms with Gasteiger partial charge in [0.1, 0.15) is 0 Å². The van der Waals surface area contributed by atoms with Crippen LogP contribution in [-0.4, -0.2) is 42.5 Å². The molecule has 0 aliphatic carbocycles. The largest absolute Gasteiger partial charge is 0.298 e. The Morgan fingerprint density at radius 2 is 1.65 bits per heavy atom. The van der Waals surface area contributed by atoms with Gasteiger partial charge in [-0.3, -0.25) is 14.9 Å². The highest BCUT2D eigenvalue weighted by Crippen LogP contribution is 2.31. The molecule has 7 nitrogen and oxygen atoms in total. The molecule has 9 heteroatoms. The highest BCUT2D eigenvalue weighted by atomic mass is 32.2. The zero-order valence-electron chi connectivity index (χ0n) is 16.9. The number of carbonyl (C=O) groups is 2. The number of hydrogen-bond donors (Lipinski definition) is 1. The van der Waals surface area contributed by atoms with Crippen molar-refractivity contribution in [3.8, 4) is 11.3 Å². The van der Waals surface area contributed by atoms with E-state index in [0.29, 0.717) is 34.4 Å². The highest BCUT2D eigenvalue weighted by Gasteiger charge is 2.27. The Hall–Kier alpha value is -2.88. The van der Waals surface area contributed by atoms with Crippen LogP contribution in [0.15, 0.2) is 59.5 Å². The van der Waals surface area contributed by atoms with Gasteiger partial charge in [0.15, 0.2) is 10.9 Å². The third-order valence-corrected chi connectivity index (χ3v) is 8.02. The summed E-state index contributed by atoms with van der Waals surface area (Å²) >= 11 is 1.11. The van der Waals surface area contributed by atoms with E-state index in [1.165, 1.54) is 35.5 Å². The molecule has 0 spiro atoms. The fourth-order valence-corrected chi connectivity index (χ4v) is 5.82. The molecule has 1 amide bonds. The van der Waals surface area contributed by atoms with Crippen LogP contribution in [0, 0.1) is 0 Å². The highest BCUT2D eigenvalue weighted by molar-refractivity contribution is 7.89. The van der Waals surface area contributed by atoms with E-state index in [1.807, 2.05) is 30.3 Å². The first kappa shape index (κ1) is 21.4. The summed E-state index contributed by atoms with van der Waals surface area (Å²) < 4.78 is 26.7. The summed E-state index contributed by atoms with van der Waals surface area (Å²) in [5.41, 5.74) is 1.63. The molecule has 3 aromatic rings. The molecular weight excluding hydrogens is 434 g/mol. The lowest BCUT2D eigenvalue weighted by Gasteiger charge is -2.15. The van der Waals surface area contributed by atoms with Crippen molar-refractivity contribution >= 4 is 38.2 Å². The van der Waals surface area contributed by atoms with E-state index < -0.39 is 15.9 Å². The quantitative estimate of drug-likeness (QED) is 0.566. The number of Topliss-reactive ketones (excluding diaryl/α,β-unsaturated/α-hetero) is 1. The minimum absolute atomic E-state index is 0.131. The second-order valence-electron chi connectivity index (χ2n) is 7.21. The van der Waals surface area contributed by atoms with Gasteiger partial charge < -0.3 is 0 Å². The Morgan fingerprint density at radius 3 is 2.26 bits per heavy atom. The van der Waals surface area contributed by atoms with Crippen LogP contribution in [0.5, 0.6) is 0 Å². The van der Waals surface area contributed by atoms with Crippen molar-refractivity contribution < 1.29 is 18.0 Å².